The molecule has 0 aliphatic heterocycles. The highest BCUT2D eigenvalue weighted by molar-refractivity contribution is 5.21. The van der Waals surface area contributed by atoms with Crippen molar-refractivity contribution in [3.05, 3.63) is 35.4 Å². The second-order valence-corrected chi connectivity index (χ2v) is 4.28. The van der Waals surface area contributed by atoms with Crippen molar-refractivity contribution in [3.8, 4) is 0 Å². The summed E-state index contributed by atoms with van der Waals surface area (Å²) < 4.78 is 5.05. The van der Waals surface area contributed by atoms with Crippen LogP contribution in [0.2, 0.25) is 0 Å². The summed E-state index contributed by atoms with van der Waals surface area (Å²) in [5.41, 5.74) is 5.35. The SMILES string of the molecule is COCc1ccc(CNOCC(C)C)cc1. The number of benzene rings is 1. The number of methoxy groups -OCH3 is 1. The van der Waals surface area contributed by atoms with Gasteiger partial charge in [0.25, 0.3) is 0 Å². The summed E-state index contributed by atoms with van der Waals surface area (Å²) in [6.45, 7) is 6.39. The molecular formula is C13H21NO2. The van der Waals surface area contributed by atoms with E-state index in [9.17, 15) is 0 Å². The fraction of sp³-hybridized carbons (Fsp3) is 0.538. The van der Waals surface area contributed by atoms with E-state index in [4.69, 9.17) is 9.57 Å². The molecule has 3 nitrogen and oxygen atoms in total. The molecular weight excluding hydrogens is 202 g/mol. The standard InChI is InChI=1S/C13H21NO2/c1-11(2)9-16-14-8-12-4-6-13(7-5-12)10-15-3/h4-7,11,14H,8-10H2,1-3H3. The van der Waals surface area contributed by atoms with Gasteiger partial charge in [0.2, 0.25) is 0 Å². The van der Waals surface area contributed by atoms with Gasteiger partial charge in [0.05, 0.1) is 13.2 Å². The average Bonchev–Trinajstić information content (AvgIpc) is 2.27. The van der Waals surface area contributed by atoms with Gasteiger partial charge in [0.1, 0.15) is 0 Å². The molecule has 0 atom stereocenters. The van der Waals surface area contributed by atoms with Crippen LogP contribution in [-0.4, -0.2) is 13.7 Å². The van der Waals surface area contributed by atoms with Crippen LogP contribution >= 0.6 is 0 Å². The van der Waals surface area contributed by atoms with E-state index in [0.29, 0.717) is 12.5 Å². The predicted octanol–water partition coefficient (Wildman–Crippen LogP) is 2.51. The van der Waals surface area contributed by atoms with Crippen molar-refractivity contribution in [1.82, 2.24) is 5.48 Å². The molecule has 0 aliphatic carbocycles. The topological polar surface area (TPSA) is 30.5 Å². The van der Waals surface area contributed by atoms with Crippen LogP contribution in [0.3, 0.4) is 0 Å². The van der Waals surface area contributed by atoms with Crippen molar-refractivity contribution in [3.63, 3.8) is 0 Å². The van der Waals surface area contributed by atoms with Gasteiger partial charge in [-0.15, -0.1) is 0 Å². The van der Waals surface area contributed by atoms with Crippen LogP contribution < -0.4 is 5.48 Å². The lowest BCUT2D eigenvalue weighted by Crippen LogP contribution is -2.17. The van der Waals surface area contributed by atoms with E-state index >= 15 is 0 Å². The van der Waals surface area contributed by atoms with E-state index in [1.54, 1.807) is 7.11 Å². The molecule has 90 valence electrons. The van der Waals surface area contributed by atoms with Crippen LogP contribution in [0, 0.1) is 5.92 Å². The lowest BCUT2D eigenvalue weighted by molar-refractivity contribution is 0.0196. The highest BCUT2D eigenvalue weighted by Gasteiger charge is 1.96. The molecule has 0 spiro atoms. The molecule has 1 rings (SSSR count). The van der Waals surface area contributed by atoms with Crippen LogP contribution in [0.15, 0.2) is 24.3 Å². The molecule has 16 heavy (non-hydrogen) atoms. The molecule has 0 bridgehead atoms. The maximum atomic E-state index is 5.30. The smallest absolute Gasteiger partial charge is 0.0713 e. The largest absolute Gasteiger partial charge is 0.380 e. The van der Waals surface area contributed by atoms with Gasteiger partial charge in [-0.3, -0.25) is 0 Å². The lowest BCUT2D eigenvalue weighted by Gasteiger charge is -2.08. The van der Waals surface area contributed by atoms with Crippen LogP contribution in [0.5, 0.6) is 0 Å². The molecule has 0 unspecified atom stereocenters. The van der Waals surface area contributed by atoms with Crippen molar-refractivity contribution in [1.29, 1.82) is 0 Å². The first-order chi connectivity index (χ1) is 7.72. The molecule has 0 saturated heterocycles. The van der Waals surface area contributed by atoms with Crippen molar-refractivity contribution in [2.24, 2.45) is 5.92 Å². The molecule has 3 heteroatoms. The summed E-state index contributed by atoms with van der Waals surface area (Å²) >= 11 is 0. The summed E-state index contributed by atoms with van der Waals surface area (Å²) in [4.78, 5) is 5.30. The zero-order chi connectivity index (χ0) is 11.8. The first kappa shape index (κ1) is 13.2. The van der Waals surface area contributed by atoms with Gasteiger partial charge >= 0.3 is 0 Å². The Kier molecular flexibility index (Phi) is 6.08. The number of ether oxygens (including phenoxy) is 1. The Morgan fingerprint density at radius 1 is 1.12 bits per heavy atom. The molecule has 0 heterocycles. The van der Waals surface area contributed by atoms with Crippen LogP contribution in [0.25, 0.3) is 0 Å². The third kappa shape index (κ3) is 5.26. The molecule has 1 N–H and O–H groups in total. The maximum Gasteiger partial charge on any atom is 0.0713 e. The number of hydrogen-bond donors (Lipinski definition) is 1. The summed E-state index contributed by atoms with van der Waals surface area (Å²) in [6.07, 6.45) is 0. The molecule has 0 aromatic heterocycles. The summed E-state index contributed by atoms with van der Waals surface area (Å²) in [5, 5.41) is 0. The minimum atomic E-state index is 0.552. The third-order valence-electron chi connectivity index (χ3n) is 2.13. The van der Waals surface area contributed by atoms with E-state index in [-0.39, 0.29) is 0 Å². The van der Waals surface area contributed by atoms with Crippen molar-refractivity contribution in [2.45, 2.75) is 27.0 Å². The highest BCUT2D eigenvalue weighted by atomic mass is 16.6. The van der Waals surface area contributed by atoms with E-state index < -0.39 is 0 Å². The van der Waals surface area contributed by atoms with Crippen molar-refractivity contribution >= 4 is 0 Å². The average molecular weight is 223 g/mol. The van der Waals surface area contributed by atoms with Crippen molar-refractivity contribution < 1.29 is 9.57 Å². The quantitative estimate of drug-likeness (QED) is 0.569. The molecule has 0 saturated carbocycles. The van der Waals surface area contributed by atoms with E-state index in [2.05, 4.69) is 43.6 Å². The maximum absolute atomic E-state index is 5.30. The molecule has 0 fully saturated rings. The zero-order valence-electron chi connectivity index (χ0n) is 10.3. The number of hydroxylamine groups is 1. The van der Waals surface area contributed by atoms with Gasteiger partial charge in [0.15, 0.2) is 0 Å². The van der Waals surface area contributed by atoms with Gasteiger partial charge in [0, 0.05) is 13.7 Å². The number of rotatable bonds is 7. The Morgan fingerprint density at radius 2 is 1.75 bits per heavy atom. The number of hydrogen-bond acceptors (Lipinski definition) is 3. The van der Waals surface area contributed by atoms with Crippen LogP contribution in [0.1, 0.15) is 25.0 Å². The molecule has 1 aromatic rings. The Morgan fingerprint density at radius 3 is 2.31 bits per heavy atom. The molecule has 1 aromatic carbocycles. The second-order valence-electron chi connectivity index (χ2n) is 4.28. The molecule has 0 aliphatic rings. The van der Waals surface area contributed by atoms with Gasteiger partial charge < -0.3 is 9.57 Å². The minimum Gasteiger partial charge on any atom is -0.380 e. The Balaban J connectivity index is 2.26. The van der Waals surface area contributed by atoms with E-state index in [1.807, 2.05) is 0 Å². The van der Waals surface area contributed by atoms with Gasteiger partial charge in [-0.1, -0.05) is 38.1 Å². The van der Waals surface area contributed by atoms with Gasteiger partial charge in [-0.05, 0) is 17.0 Å². The third-order valence-corrected chi connectivity index (χ3v) is 2.13. The molecule has 0 radical (unpaired) electrons. The minimum absolute atomic E-state index is 0.552. The Labute approximate surface area is 97.7 Å². The predicted molar refractivity (Wildman–Crippen MR) is 64.8 cm³/mol. The first-order valence-electron chi connectivity index (χ1n) is 5.63. The van der Waals surface area contributed by atoms with Crippen molar-refractivity contribution in [2.75, 3.05) is 13.7 Å². The second kappa shape index (κ2) is 7.39. The van der Waals surface area contributed by atoms with Crippen LogP contribution in [0.4, 0.5) is 0 Å². The molecule has 0 amide bonds. The summed E-state index contributed by atoms with van der Waals surface area (Å²) in [7, 11) is 1.70. The van der Waals surface area contributed by atoms with Gasteiger partial charge in [-0.25, -0.2) is 0 Å². The highest BCUT2D eigenvalue weighted by Crippen LogP contribution is 2.05. The fourth-order valence-electron chi connectivity index (χ4n) is 1.28. The van der Waals surface area contributed by atoms with Gasteiger partial charge in [-0.2, -0.15) is 5.48 Å². The van der Waals surface area contributed by atoms with E-state index in [0.717, 1.165) is 13.2 Å². The van der Waals surface area contributed by atoms with Crippen LogP contribution in [-0.2, 0) is 22.7 Å². The number of nitrogens with one attached hydrogen (secondary N) is 1. The Hall–Kier alpha value is -0.900. The fourth-order valence-corrected chi connectivity index (χ4v) is 1.28. The van der Waals surface area contributed by atoms with E-state index in [1.165, 1.54) is 11.1 Å². The monoisotopic (exact) mass is 223 g/mol. The summed E-state index contributed by atoms with van der Waals surface area (Å²) in [6, 6.07) is 8.31. The normalized spacial score (nSPS) is 11.0. The zero-order valence-corrected chi connectivity index (χ0v) is 10.3. The summed E-state index contributed by atoms with van der Waals surface area (Å²) in [5.74, 6) is 0.552. The first-order valence-corrected chi connectivity index (χ1v) is 5.63. The lowest BCUT2D eigenvalue weighted by atomic mass is 10.1. The Bertz CT molecular complexity index is 282.